The average Bonchev–Trinajstić information content (AvgIpc) is 3.28. The second-order valence-electron chi connectivity index (χ2n) is 5.43. The Hall–Kier alpha value is -3.74. The van der Waals surface area contributed by atoms with Crippen LogP contribution in [0.25, 0.3) is 34.3 Å². The van der Waals surface area contributed by atoms with Gasteiger partial charge >= 0.3 is 5.97 Å². The highest BCUT2D eigenvalue weighted by Crippen LogP contribution is 2.21. The lowest BCUT2D eigenvalue weighted by Crippen LogP contribution is -1.96. The molecule has 2 N–H and O–H groups in total. The molecule has 25 heavy (non-hydrogen) atoms. The van der Waals surface area contributed by atoms with Crippen LogP contribution in [-0.4, -0.2) is 35.6 Å². The normalized spacial score (nSPS) is 10.9. The monoisotopic (exact) mass is 331 g/mol. The first kappa shape index (κ1) is 14.8. The summed E-state index contributed by atoms with van der Waals surface area (Å²) in [5.74, 6) is -1.05. The number of imidazole rings is 1. The van der Waals surface area contributed by atoms with Crippen molar-refractivity contribution in [3.05, 3.63) is 66.9 Å². The van der Waals surface area contributed by atoms with Crippen LogP contribution in [0, 0.1) is 0 Å². The third-order valence-electron chi connectivity index (χ3n) is 3.86. The van der Waals surface area contributed by atoms with Gasteiger partial charge in [0.25, 0.3) is 0 Å². The van der Waals surface area contributed by atoms with E-state index in [1.165, 1.54) is 6.20 Å². The number of aromatic nitrogens is 5. The number of carbonyl (C=O) groups is 1. The number of aromatic amines is 1. The van der Waals surface area contributed by atoms with Crippen molar-refractivity contribution in [2.24, 2.45) is 0 Å². The quantitative estimate of drug-likeness (QED) is 0.599. The van der Waals surface area contributed by atoms with Gasteiger partial charge in [0, 0.05) is 18.1 Å². The Bertz CT molecular complexity index is 1110. The van der Waals surface area contributed by atoms with Crippen molar-refractivity contribution in [3.8, 4) is 17.1 Å². The summed E-state index contributed by atoms with van der Waals surface area (Å²) in [4.78, 5) is 27.0. The minimum absolute atomic E-state index is 0.0856. The molecule has 0 aliphatic carbocycles. The minimum Gasteiger partial charge on any atom is -0.478 e. The maximum atomic E-state index is 11.3. The molecule has 0 atom stereocenters. The first-order valence-electron chi connectivity index (χ1n) is 7.50. The van der Waals surface area contributed by atoms with Crippen molar-refractivity contribution in [2.75, 3.05) is 0 Å². The molecular weight excluding hydrogens is 318 g/mol. The van der Waals surface area contributed by atoms with Gasteiger partial charge in [0.2, 0.25) is 0 Å². The molecule has 0 saturated heterocycles. The molecule has 3 heterocycles. The van der Waals surface area contributed by atoms with Crippen LogP contribution in [-0.2, 0) is 0 Å². The average molecular weight is 331 g/mol. The van der Waals surface area contributed by atoms with Gasteiger partial charge in [-0.2, -0.15) is 0 Å². The molecule has 0 unspecified atom stereocenters. The van der Waals surface area contributed by atoms with Crippen molar-refractivity contribution in [2.45, 2.75) is 0 Å². The summed E-state index contributed by atoms with van der Waals surface area (Å²) in [5, 5.41) is 9.22. The molecule has 0 aliphatic rings. The van der Waals surface area contributed by atoms with Gasteiger partial charge in [0.1, 0.15) is 22.5 Å². The van der Waals surface area contributed by atoms with Gasteiger partial charge in [-0.1, -0.05) is 24.8 Å². The summed E-state index contributed by atoms with van der Waals surface area (Å²) < 4.78 is 1.86. The number of rotatable bonds is 4. The van der Waals surface area contributed by atoms with E-state index in [1.807, 2.05) is 35.0 Å². The third kappa shape index (κ3) is 2.57. The predicted octanol–water partition coefficient (Wildman–Crippen LogP) is 3.15. The van der Waals surface area contributed by atoms with E-state index in [-0.39, 0.29) is 5.56 Å². The molecule has 0 amide bonds. The summed E-state index contributed by atoms with van der Waals surface area (Å²) in [6, 6.07) is 7.86. The van der Waals surface area contributed by atoms with Crippen LogP contribution in [0.4, 0.5) is 0 Å². The first-order chi connectivity index (χ1) is 12.2. The number of nitrogens with zero attached hydrogens (tertiary/aromatic N) is 4. The molecule has 0 fully saturated rings. The maximum Gasteiger partial charge on any atom is 0.339 e. The lowest BCUT2D eigenvalue weighted by Gasteiger charge is -2.02. The number of fused-ring (bicyclic) bond motifs is 1. The van der Waals surface area contributed by atoms with Crippen molar-refractivity contribution in [1.82, 2.24) is 24.5 Å². The van der Waals surface area contributed by atoms with Crippen LogP contribution in [0.2, 0.25) is 0 Å². The van der Waals surface area contributed by atoms with Gasteiger partial charge in [0.15, 0.2) is 5.65 Å². The van der Waals surface area contributed by atoms with E-state index in [0.717, 1.165) is 11.3 Å². The standard InChI is InChI=1S/C18H13N5O2/c1-2-11-4-3-5-12(6-11)23-9-15(21-10-23)14-8-20-17-16(22-14)13(7-19-17)18(24)25/h2-10H,1H2,(H,19,20)(H,24,25). The van der Waals surface area contributed by atoms with Gasteiger partial charge in [-0.05, 0) is 17.7 Å². The van der Waals surface area contributed by atoms with E-state index in [0.29, 0.717) is 22.6 Å². The Kier molecular flexibility index (Phi) is 3.39. The van der Waals surface area contributed by atoms with Gasteiger partial charge in [-0.15, -0.1) is 0 Å². The zero-order valence-corrected chi connectivity index (χ0v) is 13.0. The van der Waals surface area contributed by atoms with E-state index in [9.17, 15) is 9.90 Å². The number of nitrogens with one attached hydrogen (secondary N) is 1. The maximum absolute atomic E-state index is 11.3. The largest absolute Gasteiger partial charge is 0.478 e. The summed E-state index contributed by atoms with van der Waals surface area (Å²) in [6.45, 7) is 3.77. The Labute approximate surface area is 142 Å². The van der Waals surface area contributed by atoms with Crippen LogP contribution in [0.5, 0.6) is 0 Å². The Morgan fingerprint density at radius 3 is 2.96 bits per heavy atom. The first-order valence-corrected chi connectivity index (χ1v) is 7.50. The van der Waals surface area contributed by atoms with Gasteiger partial charge in [0.05, 0.1) is 12.5 Å². The van der Waals surface area contributed by atoms with Crippen LogP contribution in [0.3, 0.4) is 0 Å². The fourth-order valence-electron chi connectivity index (χ4n) is 2.59. The molecular formula is C18H13N5O2. The number of aromatic carboxylic acids is 1. The fourth-order valence-corrected chi connectivity index (χ4v) is 2.59. The molecule has 0 saturated carbocycles. The highest BCUT2D eigenvalue weighted by atomic mass is 16.4. The Morgan fingerprint density at radius 1 is 1.28 bits per heavy atom. The summed E-state index contributed by atoms with van der Waals surface area (Å²) >= 11 is 0. The van der Waals surface area contributed by atoms with E-state index >= 15 is 0 Å². The molecule has 0 aliphatic heterocycles. The predicted molar refractivity (Wildman–Crippen MR) is 93.5 cm³/mol. The number of carboxylic acid groups (broad SMARTS) is 1. The van der Waals surface area contributed by atoms with Crippen LogP contribution in [0.15, 0.2) is 55.8 Å². The number of benzene rings is 1. The number of carboxylic acids is 1. The lowest BCUT2D eigenvalue weighted by molar-refractivity contribution is 0.0699. The zero-order chi connectivity index (χ0) is 17.4. The van der Waals surface area contributed by atoms with Gasteiger partial charge in [-0.3, -0.25) is 0 Å². The highest BCUT2D eigenvalue weighted by molar-refractivity contribution is 6.00. The van der Waals surface area contributed by atoms with E-state index in [2.05, 4.69) is 26.5 Å². The second kappa shape index (κ2) is 5.72. The molecule has 3 aromatic heterocycles. The lowest BCUT2D eigenvalue weighted by atomic mass is 10.2. The van der Waals surface area contributed by atoms with Crippen molar-refractivity contribution in [3.63, 3.8) is 0 Å². The van der Waals surface area contributed by atoms with Crippen molar-refractivity contribution < 1.29 is 9.90 Å². The molecule has 7 nitrogen and oxygen atoms in total. The smallest absolute Gasteiger partial charge is 0.339 e. The minimum atomic E-state index is -1.05. The number of H-pyrrole nitrogens is 1. The topological polar surface area (TPSA) is 96.7 Å². The Balaban J connectivity index is 1.76. The molecule has 4 rings (SSSR count). The Morgan fingerprint density at radius 2 is 2.16 bits per heavy atom. The molecule has 0 spiro atoms. The van der Waals surface area contributed by atoms with E-state index in [4.69, 9.17) is 0 Å². The van der Waals surface area contributed by atoms with Crippen LogP contribution in [0.1, 0.15) is 15.9 Å². The van der Waals surface area contributed by atoms with Crippen LogP contribution >= 0.6 is 0 Å². The van der Waals surface area contributed by atoms with E-state index < -0.39 is 5.97 Å². The number of hydrogen-bond acceptors (Lipinski definition) is 4. The van der Waals surface area contributed by atoms with Crippen molar-refractivity contribution in [1.29, 1.82) is 0 Å². The van der Waals surface area contributed by atoms with E-state index in [1.54, 1.807) is 18.6 Å². The van der Waals surface area contributed by atoms with Gasteiger partial charge in [-0.25, -0.2) is 19.7 Å². The fraction of sp³-hybridized carbons (Fsp3) is 0. The van der Waals surface area contributed by atoms with Crippen molar-refractivity contribution >= 4 is 23.2 Å². The summed E-state index contributed by atoms with van der Waals surface area (Å²) in [7, 11) is 0. The molecule has 0 bridgehead atoms. The number of hydrogen-bond donors (Lipinski definition) is 2. The van der Waals surface area contributed by atoms with Gasteiger partial charge < -0.3 is 14.7 Å². The third-order valence-corrected chi connectivity index (χ3v) is 3.86. The molecule has 4 aromatic rings. The SMILES string of the molecule is C=Cc1cccc(-n2cnc(-c3cnc4[nH]cc(C(=O)O)c4n3)c2)c1. The summed E-state index contributed by atoms with van der Waals surface area (Å²) in [6.07, 6.45) is 8.23. The highest BCUT2D eigenvalue weighted by Gasteiger charge is 2.15. The zero-order valence-electron chi connectivity index (χ0n) is 13.0. The molecule has 7 heteroatoms. The second-order valence-corrected chi connectivity index (χ2v) is 5.43. The molecule has 0 radical (unpaired) electrons. The van der Waals surface area contributed by atoms with Crippen LogP contribution < -0.4 is 0 Å². The molecule has 122 valence electrons. The summed E-state index contributed by atoms with van der Waals surface area (Å²) in [5.41, 5.74) is 3.89. The molecule has 1 aromatic carbocycles.